The normalized spacial score (nSPS) is 12.5. The Bertz CT molecular complexity index is 1090. The van der Waals surface area contributed by atoms with Crippen LogP contribution in [0.15, 0.2) is 66.7 Å². The maximum absolute atomic E-state index is 13.2. The summed E-state index contributed by atoms with van der Waals surface area (Å²) in [6, 6.07) is 17.7. The molecule has 3 aromatic carbocycles. The third-order valence-electron chi connectivity index (χ3n) is 4.50. The molecule has 0 unspecified atom stereocenters. The highest BCUT2D eigenvalue weighted by Gasteiger charge is 2.29. The lowest BCUT2D eigenvalue weighted by molar-refractivity contribution is -0.122. The van der Waals surface area contributed by atoms with Crippen molar-refractivity contribution in [2.45, 2.75) is 19.5 Å². The summed E-state index contributed by atoms with van der Waals surface area (Å²) in [5.74, 6) is -0.923. The Hall–Kier alpha value is -2.93. The molecule has 0 fully saturated rings. The van der Waals surface area contributed by atoms with E-state index in [-0.39, 0.29) is 12.2 Å². The van der Waals surface area contributed by atoms with Crippen LogP contribution in [0.5, 0.6) is 0 Å². The Kier molecular flexibility index (Phi) is 5.65. The first-order valence-electron chi connectivity index (χ1n) is 8.76. The summed E-state index contributed by atoms with van der Waals surface area (Å²) in [5, 5.41) is 4.89. The average molecular weight is 400 g/mol. The van der Waals surface area contributed by atoms with Gasteiger partial charge in [-0.1, -0.05) is 42.5 Å². The van der Waals surface area contributed by atoms with Crippen LogP contribution < -0.4 is 9.62 Å². The van der Waals surface area contributed by atoms with Gasteiger partial charge in [0.15, 0.2) is 0 Å². The van der Waals surface area contributed by atoms with Crippen LogP contribution in [0.2, 0.25) is 0 Å². The first kappa shape index (κ1) is 19.8. The minimum absolute atomic E-state index is 0.233. The van der Waals surface area contributed by atoms with E-state index in [9.17, 15) is 17.6 Å². The van der Waals surface area contributed by atoms with E-state index >= 15 is 0 Å². The van der Waals surface area contributed by atoms with Crippen LogP contribution in [0, 0.1) is 5.82 Å². The topological polar surface area (TPSA) is 66.5 Å². The molecule has 3 aromatic rings. The van der Waals surface area contributed by atoms with Gasteiger partial charge in [0.1, 0.15) is 11.9 Å². The number of carbonyl (C=O) groups excluding carboxylic acids is 1. The van der Waals surface area contributed by atoms with Crippen molar-refractivity contribution >= 4 is 32.4 Å². The third kappa shape index (κ3) is 4.31. The Balaban J connectivity index is 1.81. The summed E-state index contributed by atoms with van der Waals surface area (Å²) in [4.78, 5) is 12.7. The number of fused-ring (bicyclic) bond motifs is 1. The summed E-state index contributed by atoms with van der Waals surface area (Å²) >= 11 is 0. The van der Waals surface area contributed by atoms with E-state index in [1.807, 2.05) is 42.5 Å². The number of rotatable bonds is 6. The number of nitrogens with one attached hydrogen (secondary N) is 1. The maximum Gasteiger partial charge on any atom is 0.243 e. The molecule has 1 N–H and O–H groups in total. The van der Waals surface area contributed by atoms with Crippen LogP contribution in [0.3, 0.4) is 0 Å². The molecule has 0 aliphatic rings. The Morgan fingerprint density at radius 2 is 1.68 bits per heavy atom. The average Bonchev–Trinajstić information content (AvgIpc) is 2.66. The molecule has 0 aliphatic carbocycles. The largest absolute Gasteiger partial charge is 0.350 e. The molecule has 1 atom stereocenters. The smallest absolute Gasteiger partial charge is 0.243 e. The molecule has 146 valence electrons. The van der Waals surface area contributed by atoms with E-state index in [2.05, 4.69) is 5.32 Å². The molecule has 0 saturated carbocycles. The summed E-state index contributed by atoms with van der Waals surface area (Å²) < 4.78 is 38.7. The lowest BCUT2D eigenvalue weighted by Gasteiger charge is -2.28. The van der Waals surface area contributed by atoms with E-state index in [4.69, 9.17) is 0 Å². The molecular formula is C21H21FN2O3S. The second kappa shape index (κ2) is 7.98. The minimum atomic E-state index is -3.74. The van der Waals surface area contributed by atoms with Gasteiger partial charge in [-0.25, -0.2) is 12.8 Å². The first-order chi connectivity index (χ1) is 13.3. The number of carbonyl (C=O) groups is 1. The quantitative estimate of drug-likeness (QED) is 0.689. The molecule has 0 radical (unpaired) electrons. The Morgan fingerprint density at radius 1 is 1.04 bits per heavy atom. The molecule has 0 saturated heterocycles. The number of sulfonamides is 1. The highest BCUT2D eigenvalue weighted by atomic mass is 32.2. The lowest BCUT2D eigenvalue weighted by Crippen LogP contribution is -2.47. The van der Waals surface area contributed by atoms with E-state index in [0.29, 0.717) is 0 Å². The molecule has 28 heavy (non-hydrogen) atoms. The molecule has 1 amide bonds. The molecule has 7 heteroatoms. The van der Waals surface area contributed by atoms with Gasteiger partial charge in [0.25, 0.3) is 0 Å². The van der Waals surface area contributed by atoms with Crippen molar-refractivity contribution in [3.63, 3.8) is 0 Å². The highest BCUT2D eigenvalue weighted by Crippen LogP contribution is 2.22. The van der Waals surface area contributed by atoms with Crippen molar-refractivity contribution in [1.29, 1.82) is 0 Å². The minimum Gasteiger partial charge on any atom is -0.350 e. The van der Waals surface area contributed by atoms with Crippen molar-refractivity contribution in [3.8, 4) is 0 Å². The van der Waals surface area contributed by atoms with Crippen molar-refractivity contribution in [2.24, 2.45) is 0 Å². The van der Waals surface area contributed by atoms with Crippen LogP contribution in [-0.4, -0.2) is 26.6 Å². The van der Waals surface area contributed by atoms with E-state index in [1.54, 1.807) is 0 Å². The zero-order chi connectivity index (χ0) is 20.3. The van der Waals surface area contributed by atoms with Gasteiger partial charge in [-0.3, -0.25) is 9.10 Å². The standard InChI is InChI=1S/C21H21FN2O3S/c1-15(24(28(2,26)27)19-12-10-18(22)11-13-19)21(25)23-14-17-8-5-7-16-6-3-4-9-20(16)17/h3-13,15H,14H2,1-2H3,(H,23,25)/t15-/m0/s1. The van der Waals surface area contributed by atoms with Gasteiger partial charge < -0.3 is 5.32 Å². The lowest BCUT2D eigenvalue weighted by atomic mass is 10.0. The van der Waals surface area contributed by atoms with Gasteiger partial charge in [0.2, 0.25) is 15.9 Å². The molecule has 3 rings (SSSR count). The SMILES string of the molecule is C[C@@H](C(=O)NCc1cccc2ccccc12)N(c1ccc(F)cc1)S(C)(=O)=O. The third-order valence-corrected chi connectivity index (χ3v) is 5.74. The predicted molar refractivity (Wildman–Crippen MR) is 109 cm³/mol. The van der Waals surface area contributed by atoms with E-state index in [1.165, 1.54) is 19.1 Å². The van der Waals surface area contributed by atoms with E-state index in [0.717, 1.165) is 39.0 Å². The first-order valence-corrected chi connectivity index (χ1v) is 10.6. The van der Waals surface area contributed by atoms with Gasteiger partial charge >= 0.3 is 0 Å². The fourth-order valence-corrected chi connectivity index (χ4v) is 4.35. The number of nitrogens with zero attached hydrogens (tertiary/aromatic N) is 1. The number of hydrogen-bond acceptors (Lipinski definition) is 3. The Labute approximate surface area is 163 Å². The van der Waals surface area contributed by atoms with Crippen molar-refractivity contribution < 1.29 is 17.6 Å². The number of benzene rings is 3. The zero-order valence-electron chi connectivity index (χ0n) is 15.6. The molecule has 0 aromatic heterocycles. The van der Waals surface area contributed by atoms with Crippen LogP contribution in [-0.2, 0) is 21.4 Å². The van der Waals surface area contributed by atoms with E-state index < -0.39 is 27.8 Å². The predicted octanol–water partition coefficient (Wildman–Crippen LogP) is 3.45. The number of anilines is 1. The van der Waals surface area contributed by atoms with Crippen LogP contribution >= 0.6 is 0 Å². The van der Waals surface area contributed by atoms with Crippen LogP contribution in [0.4, 0.5) is 10.1 Å². The number of halogens is 1. The van der Waals surface area contributed by atoms with Gasteiger partial charge in [0, 0.05) is 6.54 Å². The summed E-state index contributed by atoms with van der Waals surface area (Å²) in [7, 11) is -3.74. The van der Waals surface area contributed by atoms with Gasteiger partial charge in [0.05, 0.1) is 11.9 Å². The second-order valence-electron chi connectivity index (χ2n) is 6.57. The number of amides is 1. The zero-order valence-corrected chi connectivity index (χ0v) is 16.4. The summed E-state index contributed by atoms with van der Waals surface area (Å²) in [6.07, 6.45) is 1.02. The van der Waals surface area contributed by atoms with Crippen molar-refractivity contribution in [2.75, 3.05) is 10.6 Å². The van der Waals surface area contributed by atoms with Gasteiger partial charge in [-0.05, 0) is 47.5 Å². The Morgan fingerprint density at radius 3 is 2.36 bits per heavy atom. The van der Waals surface area contributed by atoms with Crippen molar-refractivity contribution in [3.05, 3.63) is 78.1 Å². The molecule has 0 heterocycles. The molecule has 0 spiro atoms. The summed E-state index contributed by atoms with van der Waals surface area (Å²) in [5.41, 5.74) is 1.17. The molecule has 5 nitrogen and oxygen atoms in total. The fraction of sp³-hybridized carbons (Fsp3) is 0.190. The number of hydrogen-bond donors (Lipinski definition) is 1. The van der Waals surface area contributed by atoms with Crippen molar-refractivity contribution in [1.82, 2.24) is 5.32 Å². The molecule has 0 aliphatic heterocycles. The molecular weight excluding hydrogens is 379 g/mol. The summed E-state index contributed by atoms with van der Waals surface area (Å²) in [6.45, 7) is 1.77. The van der Waals surface area contributed by atoms with Crippen LogP contribution in [0.1, 0.15) is 12.5 Å². The maximum atomic E-state index is 13.2. The highest BCUT2D eigenvalue weighted by molar-refractivity contribution is 7.92. The monoisotopic (exact) mass is 400 g/mol. The molecule has 0 bridgehead atoms. The van der Waals surface area contributed by atoms with Gasteiger partial charge in [-0.15, -0.1) is 0 Å². The van der Waals surface area contributed by atoms with Crippen LogP contribution in [0.25, 0.3) is 10.8 Å². The fourth-order valence-electron chi connectivity index (χ4n) is 3.17. The van der Waals surface area contributed by atoms with Gasteiger partial charge in [-0.2, -0.15) is 0 Å². The second-order valence-corrected chi connectivity index (χ2v) is 8.43.